The molecule has 0 saturated heterocycles. The second kappa shape index (κ2) is 17.1. The van der Waals surface area contributed by atoms with E-state index in [2.05, 4.69) is 0 Å². The number of carbonyl (C=O) groups is 4. The maximum atomic E-state index is 12.1. The first-order valence-electron chi connectivity index (χ1n) is 12.7. The van der Waals surface area contributed by atoms with Gasteiger partial charge in [0.05, 0.1) is 19.8 Å². The molecule has 3 N–H and O–H groups in total. The van der Waals surface area contributed by atoms with Gasteiger partial charge in [-0.1, -0.05) is 40.2 Å². The van der Waals surface area contributed by atoms with Gasteiger partial charge >= 0.3 is 24.4 Å². The smallest absolute Gasteiger partial charge is 0.480 e. The van der Waals surface area contributed by atoms with Crippen LogP contribution in [0.5, 0.6) is 11.5 Å². The SMILES string of the molecule is CCCOC(=O)Oc1ccc(C(C(C)COC(=O)OC(C)CCC)[C@H](N)C(=O)O)cc1OC(=O)OCCC. The van der Waals surface area contributed by atoms with Crippen LogP contribution >= 0.6 is 0 Å². The van der Waals surface area contributed by atoms with E-state index in [0.29, 0.717) is 24.8 Å². The monoisotopic (exact) mass is 541 g/mol. The number of benzene rings is 1. The maximum Gasteiger partial charge on any atom is 0.513 e. The summed E-state index contributed by atoms with van der Waals surface area (Å²) in [5, 5.41) is 9.64. The average Bonchev–Trinajstić information content (AvgIpc) is 2.86. The summed E-state index contributed by atoms with van der Waals surface area (Å²) >= 11 is 0. The summed E-state index contributed by atoms with van der Waals surface area (Å²) in [6.45, 7) is 8.98. The highest BCUT2D eigenvalue weighted by atomic mass is 16.7. The van der Waals surface area contributed by atoms with Crippen molar-refractivity contribution in [1.82, 2.24) is 0 Å². The van der Waals surface area contributed by atoms with E-state index in [-0.39, 0.29) is 37.4 Å². The van der Waals surface area contributed by atoms with Gasteiger partial charge in [-0.25, -0.2) is 14.4 Å². The summed E-state index contributed by atoms with van der Waals surface area (Å²) in [6.07, 6.45) is -0.651. The number of carboxylic acid groups (broad SMARTS) is 1. The number of ether oxygens (including phenoxy) is 6. The molecule has 0 aliphatic rings. The zero-order chi connectivity index (χ0) is 28.7. The topological polar surface area (TPSA) is 170 Å². The maximum absolute atomic E-state index is 12.1. The van der Waals surface area contributed by atoms with E-state index < -0.39 is 42.3 Å². The molecule has 1 aromatic rings. The fraction of sp³-hybridized carbons (Fsp3) is 0.615. The Hall–Kier alpha value is -3.54. The van der Waals surface area contributed by atoms with Crippen LogP contribution in [-0.4, -0.2) is 61.5 Å². The average molecular weight is 542 g/mol. The van der Waals surface area contributed by atoms with Crippen LogP contribution in [0.3, 0.4) is 0 Å². The molecule has 0 aliphatic heterocycles. The first-order valence-corrected chi connectivity index (χ1v) is 12.7. The Labute approximate surface area is 222 Å². The van der Waals surface area contributed by atoms with Gasteiger partial charge in [0.15, 0.2) is 11.5 Å². The number of carboxylic acids is 1. The molecule has 0 aromatic heterocycles. The van der Waals surface area contributed by atoms with Crippen LogP contribution in [-0.2, 0) is 23.7 Å². The molecule has 4 atom stereocenters. The van der Waals surface area contributed by atoms with Gasteiger partial charge in [0.2, 0.25) is 0 Å². The molecule has 1 rings (SSSR count). The Morgan fingerprint density at radius 3 is 1.95 bits per heavy atom. The molecule has 0 radical (unpaired) electrons. The van der Waals surface area contributed by atoms with Crippen LogP contribution < -0.4 is 15.2 Å². The van der Waals surface area contributed by atoms with E-state index in [4.69, 9.17) is 34.2 Å². The number of nitrogens with two attached hydrogens (primary N) is 1. The first-order chi connectivity index (χ1) is 18.0. The van der Waals surface area contributed by atoms with E-state index in [9.17, 15) is 24.3 Å². The molecule has 0 heterocycles. The van der Waals surface area contributed by atoms with Crippen molar-refractivity contribution in [1.29, 1.82) is 0 Å². The van der Waals surface area contributed by atoms with Gasteiger partial charge in [0.1, 0.15) is 12.1 Å². The predicted molar refractivity (Wildman–Crippen MR) is 135 cm³/mol. The van der Waals surface area contributed by atoms with Gasteiger partial charge in [0, 0.05) is 5.92 Å². The first kappa shape index (κ1) is 32.5. The van der Waals surface area contributed by atoms with Gasteiger partial charge in [-0.05, 0) is 49.8 Å². The van der Waals surface area contributed by atoms with Crippen molar-refractivity contribution in [3.05, 3.63) is 23.8 Å². The van der Waals surface area contributed by atoms with Crippen molar-refractivity contribution in [2.24, 2.45) is 11.7 Å². The fourth-order valence-electron chi connectivity index (χ4n) is 3.52. The van der Waals surface area contributed by atoms with Crippen LogP contribution in [0.15, 0.2) is 18.2 Å². The van der Waals surface area contributed by atoms with E-state index >= 15 is 0 Å². The molecule has 0 spiro atoms. The lowest BCUT2D eigenvalue weighted by molar-refractivity contribution is -0.139. The lowest BCUT2D eigenvalue weighted by Gasteiger charge is -2.28. The summed E-state index contributed by atoms with van der Waals surface area (Å²) in [6, 6.07) is 2.70. The highest BCUT2D eigenvalue weighted by Crippen LogP contribution is 2.36. The van der Waals surface area contributed by atoms with E-state index in [0.717, 1.165) is 6.42 Å². The molecular formula is C26H39NO11. The van der Waals surface area contributed by atoms with Gasteiger partial charge in [-0.15, -0.1) is 0 Å². The Morgan fingerprint density at radius 2 is 1.42 bits per heavy atom. The van der Waals surface area contributed by atoms with Crippen molar-refractivity contribution in [3.8, 4) is 11.5 Å². The van der Waals surface area contributed by atoms with Crippen molar-refractivity contribution in [2.45, 2.75) is 78.4 Å². The normalized spacial score (nSPS) is 13.8. The molecule has 1 aromatic carbocycles. The third-order valence-electron chi connectivity index (χ3n) is 5.33. The quantitative estimate of drug-likeness (QED) is 0.173. The third kappa shape index (κ3) is 11.2. The summed E-state index contributed by atoms with van der Waals surface area (Å²) in [5.74, 6) is -3.15. The molecule has 214 valence electrons. The molecule has 12 heteroatoms. The Kier molecular flexibility index (Phi) is 14.6. The van der Waals surface area contributed by atoms with E-state index in [1.54, 1.807) is 20.8 Å². The highest BCUT2D eigenvalue weighted by molar-refractivity contribution is 5.75. The van der Waals surface area contributed by atoms with Crippen molar-refractivity contribution >= 4 is 24.4 Å². The minimum atomic E-state index is -1.41. The number of hydrogen-bond acceptors (Lipinski definition) is 11. The van der Waals surface area contributed by atoms with Crippen LogP contribution in [0.1, 0.15) is 71.8 Å². The molecule has 0 amide bonds. The van der Waals surface area contributed by atoms with Crippen molar-refractivity contribution < 1.29 is 52.7 Å². The second-order valence-electron chi connectivity index (χ2n) is 8.75. The molecule has 0 bridgehead atoms. The van der Waals surface area contributed by atoms with E-state index in [1.165, 1.54) is 18.2 Å². The van der Waals surface area contributed by atoms with Crippen molar-refractivity contribution in [3.63, 3.8) is 0 Å². The molecule has 3 unspecified atom stereocenters. The van der Waals surface area contributed by atoms with Gasteiger partial charge in [-0.3, -0.25) is 4.79 Å². The van der Waals surface area contributed by atoms with Gasteiger partial charge < -0.3 is 39.3 Å². The minimum Gasteiger partial charge on any atom is -0.480 e. The lowest BCUT2D eigenvalue weighted by Crippen LogP contribution is -2.40. The molecule has 0 aliphatic carbocycles. The summed E-state index contributed by atoms with van der Waals surface area (Å²) < 4.78 is 30.6. The standard InChI is InChI=1S/C26H39NO11/c1-6-9-17(5)36-26(32)35-15-16(4)21(22(27)23(28)29)18-10-11-19(37-24(30)33-12-7-2)20(14-18)38-25(31)34-13-8-3/h10-11,14,16-17,21-22H,6-9,12-13,15,27H2,1-5H3,(H,28,29)/t16?,17?,21?,22-/m0/s1. The third-order valence-corrected chi connectivity index (χ3v) is 5.33. The Balaban J connectivity index is 3.24. The lowest BCUT2D eigenvalue weighted by atomic mass is 9.82. The van der Waals surface area contributed by atoms with Crippen LogP contribution in [0, 0.1) is 5.92 Å². The van der Waals surface area contributed by atoms with Crippen LogP contribution in [0.25, 0.3) is 0 Å². The largest absolute Gasteiger partial charge is 0.513 e. The van der Waals surface area contributed by atoms with Crippen molar-refractivity contribution in [2.75, 3.05) is 19.8 Å². The fourth-order valence-corrected chi connectivity index (χ4v) is 3.52. The van der Waals surface area contributed by atoms with Crippen LogP contribution in [0.4, 0.5) is 14.4 Å². The Bertz CT molecular complexity index is 920. The molecule has 0 saturated carbocycles. The van der Waals surface area contributed by atoms with E-state index in [1.807, 2.05) is 13.8 Å². The Morgan fingerprint density at radius 1 is 0.842 bits per heavy atom. The zero-order valence-corrected chi connectivity index (χ0v) is 22.6. The molecule has 0 fully saturated rings. The summed E-state index contributed by atoms with van der Waals surface area (Å²) in [7, 11) is 0. The predicted octanol–water partition coefficient (Wildman–Crippen LogP) is 5.01. The second-order valence-corrected chi connectivity index (χ2v) is 8.75. The number of hydrogen-bond donors (Lipinski definition) is 2. The molecular weight excluding hydrogens is 502 g/mol. The highest BCUT2D eigenvalue weighted by Gasteiger charge is 2.33. The summed E-state index contributed by atoms with van der Waals surface area (Å²) in [5.41, 5.74) is 6.33. The van der Waals surface area contributed by atoms with Crippen LogP contribution in [0.2, 0.25) is 0 Å². The van der Waals surface area contributed by atoms with Gasteiger partial charge in [-0.2, -0.15) is 0 Å². The molecule has 38 heavy (non-hydrogen) atoms. The minimum absolute atomic E-state index is 0.0983. The number of carbonyl (C=O) groups excluding carboxylic acids is 3. The summed E-state index contributed by atoms with van der Waals surface area (Å²) in [4.78, 5) is 48.0. The zero-order valence-electron chi connectivity index (χ0n) is 22.6. The number of aliphatic carboxylic acids is 1. The van der Waals surface area contributed by atoms with Gasteiger partial charge in [0.25, 0.3) is 0 Å². The number of rotatable bonds is 15. The molecule has 12 nitrogen and oxygen atoms in total.